The fraction of sp³-hybridized carbons (Fsp3) is 0.708. The van der Waals surface area contributed by atoms with E-state index in [0.717, 1.165) is 76.8 Å². The Balaban J connectivity index is 0.00000306. The van der Waals surface area contributed by atoms with Crippen molar-refractivity contribution in [3.05, 3.63) is 29.6 Å². The number of nitrogens with one attached hydrogen (secondary N) is 1. The third kappa shape index (κ3) is 6.49. The standard InChI is InChI=1S/C24H38FN5O2.HI/c1-26-23(27-19-24(7-15-32-16-8-24)30-9-3-4-10-30)29-13-11-28(12-14-29)18-20-5-6-22(31-2)21(25)17-20;/h5-6,17H,3-4,7-16,18-19H2,1-2H3,(H,26,27);1H. The molecule has 0 unspecified atom stereocenters. The van der Waals surface area contributed by atoms with E-state index in [0.29, 0.717) is 5.75 Å². The van der Waals surface area contributed by atoms with E-state index in [9.17, 15) is 4.39 Å². The Morgan fingerprint density at radius 1 is 1.12 bits per heavy atom. The molecule has 0 radical (unpaired) electrons. The van der Waals surface area contributed by atoms with Gasteiger partial charge in [0.2, 0.25) is 0 Å². The minimum Gasteiger partial charge on any atom is -0.494 e. The number of rotatable bonds is 6. The maximum absolute atomic E-state index is 14.0. The predicted molar refractivity (Wildman–Crippen MR) is 140 cm³/mol. The third-order valence-electron chi connectivity index (χ3n) is 7.28. The smallest absolute Gasteiger partial charge is 0.193 e. The third-order valence-corrected chi connectivity index (χ3v) is 7.28. The van der Waals surface area contributed by atoms with Crippen molar-refractivity contribution >= 4 is 29.9 Å². The number of hydrogen-bond acceptors (Lipinski definition) is 5. The molecule has 3 aliphatic heterocycles. The maximum atomic E-state index is 14.0. The fourth-order valence-electron chi connectivity index (χ4n) is 5.31. The molecule has 9 heteroatoms. The van der Waals surface area contributed by atoms with Gasteiger partial charge in [0.05, 0.1) is 7.11 Å². The zero-order chi connectivity index (χ0) is 22.4. The molecule has 33 heavy (non-hydrogen) atoms. The van der Waals surface area contributed by atoms with Gasteiger partial charge in [0.25, 0.3) is 0 Å². The summed E-state index contributed by atoms with van der Waals surface area (Å²) in [7, 11) is 3.37. The topological polar surface area (TPSA) is 52.6 Å². The second-order valence-corrected chi connectivity index (χ2v) is 9.16. The van der Waals surface area contributed by atoms with Crippen LogP contribution in [-0.4, -0.2) is 99.4 Å². The van der Waals surface area contributed by atoms with Gasteiger partial charge in [0.1, 0.15) is 0 Å². The Hall–Kier alpha value is -1.17. The highest BCUT2D eigenvalue weighted by molar-refractivity contribution is 14.0. The van der Waals surface area contributed by atoms with Crippen molar-refractivity contribution in [1.29, 1.82) is 0 Å². The van der Waals surface area contributed by atoms with Crippen molar-refractivity contribution in [2.45, 2.75) is 37.8 Å². The lowest BCUT2D eigenvalue weighted by atomic mass is 9.88. The molecule has 3 saturated heterocycles. The first kappa shape index (κ1) is 26.4. The van der Waals surface area contributed by atoms with Gasteiger partial charge in [-0.05, 0) is 56.5 Å². The molecule has 1 aromatic rings. The molecule has 186 valence electrons. The van der Waals surface area contributed by atoms with Gasteiger partial charge >= 0.3 is 0 Å². The van der Waals surface area contributed by atoms with E-state index >= 15 is 0 Å². The first-order chi connectivity index (χ1) is 15.6. The lowest BCUT2D eigenvalue weighted by molar-refractivity contribution is -0.0167. The quantitative estimate of drug-likeness (QED) is 0.320. The Bertz CT molecular complexity index is 776. The summed E-state index contributed by atoms with van der Waals surface area (Å²) in [4.78, 5) is 12.0. The van der Waals surface area contributed by atoms with Crippen LogP contribution >= 0.6 is 24.0 Å². The molecule has 1 N–H and O–H groups in total. The highest BCUT2D eigenvalue weighted by Crippen LogP contribution is 2.31. The van der Waals surface area contributed by atoms with E-state index in [1.165, 1.54) is 33.0 Å². The van der Waals surface area contributed by atoms with Crippen LogP contribution in [0, 0.1) is 5.82 Å². The molecule has 0 aliphatic carbocycles. The number of likely N-dealkylation sites (tertiary alicyclic amines) is 1. The largest absolute Gasteiger partial charge is 0.494 e. The molecule has 0 spiro atoms. The molecule has 0 aromatic heterocycles. The Morgan fingerprint density at radius 2 is 1.82 bits per heavy atom. The van der Waals surface area contributed by atoms with Crippen LogP contribution in [0.4, 0.5) is 4.39 Å². The molecule has 4 rings (SSSR count). The average molecular weight is 576 g/mol. The van der Waals surface area contributed by atoms with Gasteiger partial charge in [-0.25, -0.2) is 4.39 Å². The Kier molecular flexibility index (Phi) is 10.0. The minimum atomic E-state index is -0.298. The van der Waals surface area contributed by atoms with Gasteiger partial charge < -0.3 is 19.7 Å². The van der Waals surface area contributed by atoms with Crippen LogP contribution < -0.4 is 10.1 Å². The second kappa shape index (κ2) is 12.5. The number of hydrogen-bond donors (Lipinski definition) is 1. The number of ether oxygens (including phenoxy) is 2. The number of nitrogens with zero attached hydrogens (tertiary/aromatic N) is 4. The molecule has 3 fully saturated rings. The molecular formula is C24H39FIN5O2. The summed E-state index contributed by atoms with van der Waals surface area (Å²) in [6.45, 7) is 9.46. The van der Waals surface area contributed by atoms with Gasteiger partial charge in [-0.15, -0.1) is 24.0 Å². The summed E-state index contributed by atoms with van der Waals surface area (Å²) < 4.78 is 24.7. The van der Waals surface area contributed by atoms with Gasteiger partial charge in [-0.3, -0.25) is 14.8 Å². The van der Waals surface area contributed by atoms with Crippen LogP contribution in [-0.2, 0) is 11.3 Å². The number of methoxy groups -OCH3 is 1. The molecular weight excluding hydrogens is 536 g/mol. The predicted octanol–water partition coefficient (Wildman–Crippen LogP) is 2.79. The molecule has 3 heterocycles. The zero-order valence-electron chi connectivity index (χ0n) is 20.0. The van der Waals surface area contributed by atoms with Gasteiger partial charge in [-0.2, -0.15) is 0 Å². The molecule has 0 atom stereocenters. The number of halogens is 2. The maximum Gasteiger partial charge on any atom is 0.193 e. The second-order valence-electron chi connectivity index (χ2n) is 9.16. The van der Waals surface area contributed by atoms with Crippen molar-refractivity contribution < 1.29 is 13.9 Å². The van der Waals surface area contributed by atoms with Gasteiger partial charge in [0.15, 0.2) is 17.5 Å². The summed E-state index contributed by atoms with van der Waals surface area (Å²) in [5.41, 5.74) is 1.16. The van der Waals surface area contributed by atoms with Crippen molar-refractivity contribution in [3.63, 3.8) is 0 Å². The molecule has 0 bridgehead atoms. The van der Waals surface area contributed by atoms with Crippen LogP contribution in [0.5, 0.6) is 5.75 Å². The van der Waals surface area contributed by atoms with E-state index < -0.39 is 0 Å². The summed E-state index contributed by atoms with van der Waals surface area (Å²) in [5.74, 6) is 0.989. The highest BCUT2D eigenvalue weighted by Gasteiger charge is 2.40. The monoisotopic (exact) mass is 575 g/mol. The lowest BCUT2D eigenvalue weighted by Gasteiger charge is -2.45. The van der Waals surface area contributed by atoms with Crippen LogP contribution in [0.1, 0.15) is 31.2 Å². The number of aliphatic imine (C=N–C) groups is 1. The van der Waals surface area contributed by atoms with Crippen molar-refractivity contribution in [3.8, 4) is 5.75 Å². The summed E-state index contributed by atoms with van der Waals surface area (Å²) in [6.07, 6.45) is 4.78. The van der Waals surface area contributed by atoms with Crippen molar-refractivity contribution in [1.82, 2.24) is 20.0 Å². The van der Waals surface area contributed by atoms with Gasteiger partial charge in [0, 0.05) is 65.1 Å². The Labute approximate surface area is 214 Å². The number of piperazine rings is 1. The zero-order valence-corrected chi connectivity index (χ0v) is 22.4. The molecule has 3 aliphatic rings. The Morgan fingerprint density at radius 3 is 2.42 bits per heavy atom. The fourth-order valence-corrected chi connectivity index (χ4v) is 5.31. The van der Waals surface area contributed by atoms with Crippen molar-refractivity contribution in [2.75, 3.05) is 73.2 Å². The summed E-state index contributed by atoms with van der Waals surface area (Å²) in [6, 6.07) is 5.23. The van der Waals surface area contributed by atoms with Gasteiger partial charge in [-0.1, -0.05) is 6.07 Å². The minimum absolute atomic E-state index is 0. The number of benzene rings is 1. The summed E-state index contributed by atoms with van der Waals surface area (Å²) >= 11 is 0. The molecule has 0 saturated carbocycles. The normalized spacial score (nSPS) is 22.2. The van der Waals surface area contributed by atoms with E-state index in [1.54, 1.807) is 12.1 Å². The molecule has 1 aromatic carbocycles. The van der Waals surface area contributed by atoms with Crippen LogP contribution in [0.3, 0.4) is 0 Å². The lowest BCUT2D eigenvalue weighted by Crippen LogP contribution is -2.60. The highest BCUT2D eigenvalue weighted by atomic mass is 127. The van der Waals surface area contributed by atoms with E-state index in [-0.39, 0.29) is 35.3 Å². The average Bonchev–Trinajstić information content (AvgIpc) is 3.37. The van der Waals surface area contributed by atoms with Crippen LogP contribution in [0.2, 0.25) is 0 Å². The number of guanidine groups is 1. The van der Waals surface area contributed by atoms with Crippen molar-refractivity contribution in [2.24, 2.45) is 4.99 Å². The first-order valence-electron chi connectivity index (χ1n) is 12.0. The van der Waals surface area contributed by atoms with E-state index in [1.807, 2.05) is 13.1 Å². The van der Waals surface area contributed by atoms with Crippen LogP contribution in [0.25, 0.3) is 0 Å². The van der Waals surface area contributed by atoms with E-state index in [4.69, 9.17) is 9.47 Å². The molecule has 0 amide bonds. The van der Waals surface area contributed by atoms with Crippen LogP contribution in [0.15, 0.2) is 23.2 Å². The van der Waals surface area contributed by atoms with E-state index in [2.05, 4.69) is 25.0 Å². The molecule has 7 nitrogen and oxygen atoms in total. The first-order valence-corrected chi connectivity index (χ1v) is 12.0. The summed E-state index contributed by atoms with van der Waals surface area (Å²) in [5, 5.41) is 3.71. The SMILES string of the molecule is CN=C(NCC1(N2CCCC2)CCOCC1)N1CCN(Cc2ccc(OC)c(F)c2)CC1.I.